The lowest BCUT2D eigenvalue weighted by atomic mass is 10.1. The van der Waals surface area contributed by atoms with Crippen molar-refractivity contribution >= 4 is 11.8 Å². The Labute approximate surface area is 161 Å². The van der Waals surface area contributed by atoms with Gasteiger partial charge in [0.05, 0.1) is 6.04 Å². The van der Waals surface area contributed by atoms with E-state index >= 15 is 0 Å². The van der Waals surface area contributed by atoms with Gasteiger partial charge in [-0.3, -0.25) is 0 Å². The van der Waals surface area contributed by atoms with Crippen LogP contribution in [-0.2, 0) is 6.42 Å². The van der Waals surface area contributed by atoms with Crippen LogP contribution in [0.1, 0.15) is 29.2 Å². The van der Waals surface area contributed by atoms with Gasteiger partial charge in [0, 0.05) is 32.2 Å². The van der Waals surface area contributed by atoms with Crippen molar-refractivity contribution in [3.8, 4) is 0 Å². The summed E-state index contributed by atoms with van der Waals surface area (Å²) in [6.07, 6.45) is 1.81. The summed E-state index contributed by atoms with van der Waals surface area (Å²) >= 11 is 0. The normalized spacial score (nSPS) is 18.9. The molecule has 0 radical (unpaired) electrons. The van der Waals surface area contributed by atoms with E-state index in [1.807, 2.05) is 6.07 Å². The Balaban J connectivity index is 1.37. The summed E-state index contributed by atoms with van der Waals surface area (Å²) in [6.45, 7) is 3.33. The van der Waals surface area contributed by atoms with Crippen LogP contribution in [0.2, 0.25) is 0 Å². The van der Waals surface area contributed by atoms with E-state index in [0.29, 0.717) is 32.2 Å². The van der Waals surface area contributed by atoms with Crippen molar-refractivity contribution < 1.29 is 18.0 Å². The largest absolute Gasteiger partial charge is 0.351 e. The van der Waals surface area contributed by atoms with E-state index < -0.39 is 17.6 Å². The molecule has 1 atom stereocenters. The Morgan fingerprint density at radius 3 is 2.61 bits per heavy atom. The standard InChI is InChI=1S/C20H21F3N4O/c1-12-2-4-14-13(10-12)3-5-17(14)24-20(28)27-8-6-26(7-9-27)19-16(22)11-15(21)18(23)25-19/h2,4,10-11,17H,3,5-9H2,1H3,(H,24,28). The van der Waals surface area contributed by atoms with Crippen molar-refractivity contribution in [2.45, 2.75) is 25.8 Å². The summed E-state index contributed by atoms with van der Waals surface area (Å²) in [5.74, 6) is -3.77. The van der Waals surface area contributed by atoms with Gasteiger partial charge < -0.3 is 15.1 Å². The molecule has 5 nitrogen and oxygen atoms in total. The third-order valence-electron chi connectivity index (χ3n) is 5.41. The van der Waals surface area contributed by atoms with Gasteiger partial charge in [0.1, 0.15) is 0 Å². The number of pyridine rings is 1. The van der Waals surface area contributed by atoms with E-state index in [9.17, 15) is 18.0 Å². The number of benzene rings is 1. The predicted octanol–water partition coefficient (Wildman–Crippen LogP) is 3.33. The van der Waals surface area contributed by atoms with Gasteiger partial charge >= 0.3 is 6.03 Å². The van der Waals surface area contributed by atoms with Crippen molar-refractivity contribution in [1.82, 2.24) is 15.2 Å². The summed E-state index contributed by atoms with van der Waals surface area (Å²) in [5.41, 5.74) is 3.64. The fourth-order valence-corrected chi connectivity index (χ4v) is 3.91. The van der Waals surface area contributed by atoms with Gasteiger partial charge in [0.2, 0.25) is 0 Å². The first-order valence-corrected chi connectivity index (χ1v) is 9.33. The maximum absolute atomic E-state index is 13.9. The number of halogens is 3. The van der Waals surface area contributed by atoms with E-state index in [0.717, 1.165) is 18.4 Å². The zero-order valence-electron chi connectivity index (χ0n) is 15.5. The number of carbonyl (C=O) groups is 1. The van der Waals surface area contributed by atoms with Crippen LogP contribution in [0.5, 0.6) is 0 Å². The molecule has 1 N–H and O–H groups in total. The molecule has 2 heterocycles. The molecule has 8 heteroatoms. The second-order valence-corrected chi connectivity index (χ2v) is 7.28. The molecule has 1 aromatic heterocycles. The van der Waals surface area contributed by atoms with Crippen LogP contribution in [0, 0.1) is 24.5 Å². The minimum absolute atomic E-state index is 0.00793. The van der Waals surface area contributed by atoms with Gasteiger partial charge in [-0.05, 0) is 30.9 Å². The number of aromatic nitrogens is 1. The molecular formula is C20H21F3N4O. The molecule has 1 unspecified atom stereocenters. The number of nitrogens with zero attached hydrogens (tertiary/aromatic N) is 3. The van der Waals surface area contributed by atoms with Gasteiger partial charge in [0.15, 0.2) is 17.5 Å². The van der Waals surface area contributed by atoms with Gasteiger partial charge in [-0.25, -0.2) is 13.6 Å². The predicted molar refractivity (Wildman–Crippen MR) is 98.7 cm³/mol. The zero-order chi connectivity index (χ0) is 19.8. The van der Waals surface area contributed by atoms with Gasteiger partial charge in [-0.15, -0.1) is 0 Å². The average molecular weight is 390 g/mol. The van der Waals surface area contributed by atoms with Crippen LogP contribution in [0.4, 0.5) is 23.8 Å². The van der Waals surface area contributed by atoms with Crippen LogP contribution in [-0.4, -0.2) is 42.1 Å². The van der Waals surface area contributed by atoms with Crippen molar-refractivity contribution in [2.75, 3.05) is 31.1 Å². The topological polar surface area (TPSA) is 48.5 Å². The smallest absolute Gasteiger partial charge is 0.318 e. The number of hydrogen-bond donors (Lipinski definition) is 1. The Bertz CT molecular complexity index is 913. The average Bonchev–Trinajstić information content (AvgIpc) is 3.06. The summed E-state index contributed by atoms with van der Waals surface area (Å²) < 4.78 is 40.3. The zero-order valence-corrected chi connectivity index (χ0v) is 15.5. The summed E-state index contributed by atoms with van der Waals surface area (Å²) in [4.78, 5) is 19.2. The third kappa shape index (κ3) is 3.50. The first-order chi connectivity index (χ1) is 13.4. The number of anilines is 1. The Morgan fingerprint density at radius 2 is 1.86 bits per heavy atom. The molecule has 1 saturated heterocycles. The highest BCUT2D eigenvalue weighted by molar-refractivity contribution is 5.75. The maximum atomic E-state index is 13.9. The number of amides is 2. The fourth-order valence-electron chi connectivity index (χ4n) is 3.91. The first kappa shape index (κ1) is 18.6. The molecule has 2 amide bonds. The highest BCUT2D eigenvalue weighted by Crippen LogP contribution is 2.32. The molecule has 2 aromatic rings. The van der Waals surface area contributed by atoms with Crippen LogP contribution >= 0.6 is 0 Å². The molecule has 1 aliphatic carbocycles. The van der Waals surface area contributed by atoms with Crippen LogP contribution < -0.4 is 10.2 Å². The van der Waals surface area contributed by atoms with Gasteiger partial charge in [0.25, 0.3) is 5.95 Å². The molecule has 148 valence electrons. The third-order valence-corrected chi connectivity index (χ3v) is 5.41. The molecule has 0 bridgehead atoms. The Hall–Kier alpha value is -2.77. The number of urea groups is 1. The van der Waals surface area contributed by atoms with Crippen LogP contribution in [0.15, 0.2) is 24.3 Å². The number of hydrogen-bond acceptors (Lipinski definition) is 3. The maximum Gasteiger partial charge on any atom is 0.318 e. The van der Waals surface area contributed by atoms with E-state index in [-0.39, 0.29) is 17.9 Å². The van der Waals surface area contributed by atoms with Crippen LogP contribution in [0.3, 0.4) is 0 Å². The van der Waals surface area contributed by atoms with E-state index in [1.165, 1.54) is 16.0 Å². The molecule has 28 heavy (non-hydrogen) atoms. The molecule has 1 aromatic carbocycles. The highest BCUT2D eigenvalue weighted by Gasteiger charge is 2.28. The summed E-state index contributed by atoms with van der Waals surface area (Å²) in [5, 5.41) is 3.08. The Kier molecular flexibility index (Phi) is 4.87. The number of nitrogens with one attached hydrogen (secondary N) is 1. The molecule has 1 fully saturated rings. The monoisotopic (exact) mass is 390 g/mol. The minimum Gasteiger partial charge on any atom is -0.351 e. The molecular weight excluding hydrogens is 369 g/mol. The summed E-state index contributed by atoms with van der Waals surface area (Å²) in [6, 6.07) is 6.59. The molecule has 0 saturated carbocycles. The van der Waals surface area contributed by atoms with Gasteiger partial charge in [-0.2, -0.15) is 9.37 Å². The Morgan fingerprint density at radius 1 is 1.11 bits per heavy atom. The van der Waals surface area contributed by atoms with E-state index in [4.69, 9.17) is 0 Å². The number of carbonyl (C=O) groups excluding carboxylic acids is 1. The quantitative estimate of drug-likeness (QED) is 0.801. The van der Waals surface area contributed by atoms with Crippen LogP contribution in [0.25, 0.3) is 0 Å². The number of rotatable bonds is 2. The number of piperazine rings is 1. The summed E-state index contributed by atoms with van der Waals surface area (Å²) in [7, 11) is 0. The minimum atomic E-state index is -1.33. The lowest BCUT2D eigenvalue weighted by Crippen LogP contribution is -2.52. The van der Waals surface area contributed by atoms with Crippen molar-refractivity contribution in [3.63, 3.8) is 0 Å². The second-order valence-electron chi connectivity index (χ2n) is 7.28. The number of fused-ring (bicyclic) bond motifs is 1. The molecule has 0 spiro atoms. The molecule has 4 rings (SSSR count). The lowest BCUT2D eigenvalue weighted by molar-refractivity contribution is 0.190. The van der Waals surface area contributed by atoms with Crippen molar-refractivity contribution in [2.24, 2.45) is 0 Å². The van der Waals surface area contributed by atoms with Crippen molar-refractivity contribution in [1.29, 1.82) is 0 Å². The number of aryl methyl sites for hydroxylation is 2. The first-order valence-electron chi connectivity index (χ1n) is 9.33. The van der Waals surface area contributed by atoms with E-state index in [2.05, 4.69) is 29.4 Å². The van der Waals surface area contributed by atoms with Gasteiger partial charge in [-0.1, -0.05) is 23.8 Å². The highest BCUT2D eigenvalue weighted by atomic mass is 19.2. The second kappa shape index (κ2) is 7.33. The van der Waals surface area contributed by atoms with E-state index in [1.54, 1.807) is 4.90 Å². The fraction of sp³-hybridized carbons (Fsp3) is 0.400. The SMILES string of the molecule is Cc1ccc2c(c1)CCC2NC(=O)N1CCN(c2nc(F)c(F)cc2F)CC1. The van der Waals surface area contributed by atoms with Crippen molar-refractivity contribution in [3.05, 3.63) is 58.5 Å². The molecule has 2 aliphatic rings. The lowest BCUT2D eigenvalue weighted by Gasteiger charge is -2.36. The molecule has 1 aliphatic heterocycles.